The number of H-pyrrole nitrogens is 1. The van der Waals surface area contributed by atoms with Crippen molar-refractivity contribution >= 4 is 16.8 Å². The summed E-state index contributed by atoms with van der Waals surface area (Å²) in [5, 5.41) is 4.79. The zero-order valence-corrected chi connectivity index (χ0v) is 15.3. The molecule has 1 saturated heterocycles. The number of fused-ring (bicyclic) bond motifs is 1. The van der Waals surface area contributed by atoms with E-state index in [2.05, 4.69) is 39.6 Å². The van der Waals surface area contributed by atoms with Crippen molar-refractivity contribution in [1.29, 1.82) is 0 Å². The average Bonchev–Trinajstić information content (AvgIpc) is 3.33. The number of aryl methyl sites for hydroxylation is 1. The standard InChI is InChI=1S/C20H25N5O/c1-3-25-17(26)11-16(19(25)20-23-9-10-24(20)2)13-21-12-15-6-4-5-14-7-8-22-18(14)15/h4-10,16,19,21-22H,3,11-13H2,1-2H3/t16-,19+/m0/s1. The zero-order chi connectivity index (χ0) is 18.1. The molecule has 0 radical (unpaired) electrons. The van der Waals surface area contributed by atoms with Gasteiger partial charge in [0, 0.05) is 63.1 Å². The molecule has 1 aliphatic heterocycles. The van der Waals surface area contributed by atoms with Crippen molar-refractivity contribution in [3.8, 4) is 0 Å². The lowest BCUT2D eigenvalue weighted by Gasteiger charge is -2.27. The van der Waals surface area contributed by atoms with E-state index in [-0.39, 0.29) is 17.9 Å². The minimum Gasteiger partial charge on any atom is -0.361 e. The van der Waals surface area contributed by atoms with Crippen molar-refractivity contribution in [1.82, 2.24) is 24.8 Å². The lowest BCUT2D eigenvalue weighted by molar-refractivity contribution is -0.128. The fourth-order valence-corrected chi connectivity index (χ4v) is 4.12. The number of imidazole rings is 1. The minimum absolute atomic E-state index is 0.0429. The first-order valence-corrected chi connectivity index (χ1v) is 9.21. The summed E-state index contributed by atoms with van der Waals surface area (Å²) >= 11 is 0. The summed E-state index contributed by atoms with van der Waals surface area (Å²) in [6.45, 7) is 4.32. The van der Waals surface area contributed by atoms with E-state index in [0.717, 1.165) is 18.9 Å². The zero-order valence-electron chi connectivity index (χ0n) is 15.3. The Balaban J connectivity index is 1.49. The Morgan fingerprint density at radius 2 is 2.23 bits per heavy atom. The number of aromatic amines is 1. The Morgan fingerprint density at radius 1 is 1.35 bits per heavy atom. The van der Waals surface area contributed by atoms with E-state index in [1.165, 1.54) is 16.5 Å². The molecule has 0 unspecified atom stereocenters. The molecule has 136 valence electrons. The summed E-state index contributed by atoms with van der Waals surface area (Å²) in [6.07, 6.45) is 6.30. The van der Waals surface area contributed by atoms with Crippen LogP contribution in [0, 0.1) is 5.92 Å². The van der Waals surface area contributed by atoms with Crippen molar-refractivity contribution < 1.29 is 4.79 Å². The molecule has 1 aromatic carbocycles. The van der Waals surface area contributed by atoms with E-state index in [1.54, 1.807) is 0 Å². The first-order valence-electron chi connectivity index (χ1n) is 9.21. The van der Waals surface area contributed by atoms with Gasteiger partial charge in [0.15, 0.2) is 0 Å². The molecule has 0 saturated carbocycles. The van der Waals surface area contributed by atoms with Gasteiger partial charge in [0.25, 0.3) is 0 Å². The van der Waals surface area contributed by atoms with Crippen molar-refractivity contribution in [2.24, 2.45) is 13.0 Å². The normalized spacial score (nSPS) is 20.4. The highest BCUT2D eigenvalue weighted by atomic mass is 16.2. The quantitative estimate of drug-likeness (QED) is 0.717. The van der Waals surface area contributed by atoms with Gasteiger partial charge in [0.2, 0.25) is 5.91 Å². The first-order chi connectivity index (χ1) is 12.7. The van der Waals surface area contributed by atoms with Gasteiger partial charge in [-0.1, -0.05) is 18.2 Å². The lowest BCUT2D eigenvalue weighted by atomic mass is 9.99. The van der Waals surface area contributed by atoms with Gasteiger partial charge in [-0.3, -0.25) is 4.79 Å². The lowest BCUT2D eigenvalue weighted by Crippen LogP contribution is -2.33. The van der Waals surface area contributed by atoms with Crippen LogP contribution in [-0.4, -0.2) is 38.4 Å². The fourth-order valence-electron chi connectivity index (χ4n) is 4.12. The maximum atomic E-state index is 12.5. The summed E-state index contributed by atoms with van der Waals surface area (Å²) in [4.78, 5) is 22.3. The number of amides is 1. The second-order valence-electron chi connectivity index (χ2n) is 6.98. The molecule has 3 heterocycles. The van der Waals surface area contributed by atoms with Gasteiger partial charge in [-0.25, -0.2) is 4.98 Å². The molecular weight excluding hydrogens is 326 g/mol. The number of likely N-dealkylation sites (tertiary alicyclic amines) is 1. The van der Waals surface area contributed by atoms with E-state index in [9.17, 15) is 4.79 Å². The molecule has 2 N–H and O–H groups in total. The molecule has 26 heavy (non-hydrogen) atoms. The smallest absolute Gasteiger partial charge is 0.223 e. The van der Waals surface area contributed by atoms with E-state index in [0.29, 0.717) is 13.0 Å². The highest BCUT2D eigenvalue weighted by Gasteiger charge is 2.41. The van der Waals surface area contributed by atoms with E-state index in [4.69, 9.17) is 0 Å². The van der Waals surface area contributed by atoms with Crippen molar-refractivity contribution in [3.63, 3.8) is 0 Å². The molecular formula is C20H25N5O. The van der Waals surface area contributed by atoms with Gasteiger partial charge in [-0.15, -0.1) is 0 Å². The van der Waals surface area contributed by atoms with Crippen molar-refractivity contribution in [3.05, 3.63) is 54.2 Å². The summed E-state index contributed by atoms with van der Waals surface area (Å²) in [6, 6.07) is 8.47. The molecule has 6 nitrogen and oxygen atoms in total. The number of carbonyl (C=O) groups excluding carboxylic acids is 1. The van der Waals surface area contributed by atoms with Crippen molar-refractivity contribution in [2.45, 2.75) is 25.9 Å². The third-order valence-electron chi connectivity index (χ3n) is 5.40. The molecule has 2 aromatic heterocycles. The minimum atomic E-state index is 0.0429. The predicted octanol–water partition coefficient (Wildman–Crippen LogP) is 2.60. The van der Waals surface area contributed by atoms with E-state index in [1.807, 2.05) is 42.0 Å². The van der Waals surface area contributed by atoms with Crippen LogP contribution < -0.4 is 5.32 Å². The van der Waals surface area contributed by atoms with Gasteiger partial charge in [0.1, 0.15) is 5.82 Å². The highest BCUT2D eigenvalue weighted by molar-refractivity contribution is 5.82. The van der Waals surface area contributed by atoms with Crippen LogP contribution >= 0.6 is 0 Å². The fraction of sp³-hybridized carbons (Fsp3) is 0.400. The van der Waals surface area contributed by atoms with Crippen molar-refractivity contribution in [2.75, 3.05) is 13.1 Å². The Hall–Kier alpha value is -2.60. The summed E-state index contributed by atoms with van der Waals surface area (Å²) < 4.78 is 2.03. The Labute approximate surface area is 153 Å². The summed E-state index contributed by atoms with van der Waals surface area (Å²) in [5.41, 5.74) is 2.43. The number of rotatable bonds is 6. The van der Waals surface area contributed by atoms with Gasteiger partial charge < -0.3 is 19.8 Å². The molecule has 0 bridgehead atoms. The van der Waals surface area contributed by atoms with E-state index >= 15 is 0 Å². The highest BCUT2D eigenvalue weighted by Crippen LogP contribution is 2.36. The first kappa shape index (κ1) is 16.8. The maximum Gasteiger partial charge on any atom is 0.223 e. The van der Waals surface area contributed by atoms with Crippen LogP contribution in [0.4, 0.5) is 0 Å². The Morgan fingerprint density at radius 3 is 3.00 bits per heavy atom. The maximum absolute atomic E-state index is 12.5. The van der Waals surface area contributed by atoms with Gasteiger partial charge in [-0.2, -0.15) is 0 Å². The second-order valence-corrected chi connectivity index (χ2v) is 6.98. The van der Waals surface area contributed by atoms with Gasteiger partial charge in [-0.05, 0) is 23.9 Å². The molecule has 0 aliphatic carbocycles. The Kier molecular flexibility index (Phi) is 4.51. The number of nitrogens with one attached hydrogen (secondary N) is 2. The van der Waals surface area contributed by atoms with Crippen LogP contribution in [0.25, 0.3) is 10.9 Å². The number of hydrogen-bond acceptors (Lipinski definition) is 3. The largest absolute Gasteiger partial charge is 0.361 e. The molecule has 1 aliphatic rings. The third kappa shape index (κ3) is 2.90. The predicted molar refractivity (Wildman–Crippen MR) is 101 cm³/mol. The van der Waals surface area contributed by atoms with Crippen LogP contribution in [0.3, 0.4) is 0 Å². The van der Waals surface area contributed by atoms with Gasteiger partial charge in [0.05, 0.1) is 6.04 Å². The number of nitrogens with zero attached hydrogens (tertiary/aromatic N) is 3. The average molecular weight is 351 g/mol. The molecule has 4 rings (SSSR count). The molecule has 1 amide bonds. The third-order valence-corrected chi connectivity index (χ3v) is 5.40. The summed E-state index contributed by atoms with van der Waals surface area (Å²) in [5.74, 6) is 1.42. The second kappa shape index (κ2) is 6.96. The number of benzene rings is 1. The molecule has 1 fully saturated rings. The molecule has 2 atom stereocenters. The summed E-state index contributed by atoms with van der Waals surface area (Å²) in [7, 11) is 2.00. The van der Waals surface area contributed by atoms with Crippen LogP contribution in [0.15, 0.2) is 42.9 Å². The van der Waals surface area contributed by atoms with Crippen LogP contribution in [0.5, 0.6) is 0 Å². The number of para-hydroxylation sites is 1. The van der Waals surface area contributed by atoms with Crippen LogP contribution in [-0.2, 0) is 18.4 Å². The number of hydrogen-bond donors (Lipinski definition) is 2. The van der Waals surface area contributed by atoms with Crippen LogP contribution in [0.1, 0.15) is 30.8 Å². The molecule has 0 spiro atoms. The SMILES string of the molecule is CCN1C(=O)C[C@@H](CNCc2cccc3cc[nH]c23)[C@@H]1c1nccn1C. The Bertz CT molecular complexity index is 912. The molecule has 6 heteroatoms. The van der Waals surface area contributed by atoms with Crippen LogP contribution in [0.2, 0.25) is 0 Å². The molecule has 3 aromatic rings. The monoisotopic (exact) mass is 351 g/mol. The number of aromatic nitrogens is 3. The topological polar surface area (TPSA) is 66.0 Å². The van der Waals surface area contributed by atoms with Gasteiger partial charge >= 0.3 is 0 Å². The number of carbonyl (C=O) groups is 1. The van der Waals surface area contributed by atoms with E-state index < -0.39 is 0 Å².